The molecule has 0 aromatic heterocycles. The predicted molar refractivity (Wildman–Crippen MR) is 119 cm³/mol. The number of fused-ring (bicyclic) bond motifs is 1. The maximum atomic E-state index is 13.2. The Morgan fingerprint density at radius 3 is 2.26 bits per heavy atom. The maximum absolute atomic E-state index is 13.2. The third kappa shape index (κ3) is 5.82. The minimum Gasteiger partial charge on any atom is -0.497 e. The number of guanidine groups is 1. The highest BCUT2D eigenvalue weighted by molar-refractivity contribution is 14.0. The second-order valence-electron chi connectivity index (χ2n) is 5.96. The van der Waals surface area contributed by atoms with Gasteiger partial charge in [0.25, 0.3) is 0 Å². The molecule has 0 saturated heterocycles. The quantitative estimate of drug-likeness (QED) is 0.323. The Labute approximate surface area is 175 Å². The first-order valence-electron chi connectivity index (χ1n) is 8.43. The lowest BCUT2D eigenvalue weighted by atomic mass is 10.1. The van der Waals surface area contributed by atoms with Gasteiger partial charge in [-0.25, -0.2) is 4.39 Å². The Kier molecular flexibility index (Phi) is 7.84. The average Bonchev–Trinajstić information content (AvgIpc) is 2.67. The fourth-order valence-electron chi connectivity index (χ4n) is 2.75. The van der Waals surface area contributed by atoms with Gasteiger partial charge in [-0.2, -0.15) is 0 Å². The van der Waals surface area contributed by atoms with E-state index in [4.69, 9.17) is 4.74 Å². The van der Waals surface area contributed by atoms with Crippen molar-refractivity contribution in [3.63, 3.8) is 0 Å². The zero-order valence-corrected chi connectivity index (χ0v) is 17.7. The van der Waals surface area contributed by atoms with Crippen LogP contribution in [0.15, 0.2) is 65.7 Å². The van der Waals surface area contributed by atoms with Crippen LogP contribution in [0.2, 0.25) is 0 Å². The fourth-order valence-corrected chi connectivity index (χ4v) is 2.75. The van der Waals surface area contributed by atoms with E-state index < -0.39 is 0 Å². The SMILES string of the molecule is CN=C(NCc1cccc(F)c1)NCc1ccc2cc(OC)ccc2c1.I. The zero-order chi connectivity index (χ0) is 18.4. The third-order valence-corrected chi connectivity index (χ3v) is 4.14. The van der Waals surface area contributed by atoms with Crippen molar-refractivity contribution in [3.05, 3.63) is 77.6 Å². The molecule has 3 aromatic rings. The van der Waals surface area contributed by atoms with Crippen molar-refractivity contribution < 1.29 is 9.13 Å². The smallest absolute Gasteiger partial charge is 0.191 e. The molecule has 2 N–H and O–H groups in total. The van der Waals surface area contributed by atoms with Crippen LogP contribution in [0.4, 0.5) is 4.39 Å². The first kappa shape index (κ1) is 21.0. The maximum Gasteiger partial charge on any atom is 0.191 e. The minimum absolute atomic E-state index is 0. The molecular weight excluding hydrogens is 456 g/mol. The molecule has 0 amide bonds. The van der Waals surface area contributed by atoms with E-state index in [-0.39, 0.29) is 29.8 Å². The topological polar surface area (TPSA) is 45.7 Å². The number of nitrogens with zero attached hydrogens (tertiary/aromatic N) is 1. The molecule has 0 aliphatic heterocycles. The summed E-state index contributed by atoms with van der Waals surface area (Å²) in [5.41, 5.74) is 2.02. The Balaban J connectivity index is 0.00000261. The second-order valence-corrected chi connectivity index (χ2v) is 5.96. The van der Waals surface area contributed by atoms with Crippen LogP contribution in [0.3, 0.4) is 0 Å². The van der Waals surface area contributed by atoms with E-state index >= 15 is 0 Å². The standard InChI is InChI=1S/C21H22FN3O.HI/c1-23-21(24-13-15-4-3-5-19(22)11-15)25-14-16-6-7-18-12-20(26-2)9-8-17(18)10-16;/h3-12H,13-14H2,1-2H3,(H2,23,24,25);1H. The van der Waals surface area contributed by atoms with Gasteiger partial charge in [0, 0.05) is 20.1 Å². The minimum atomic E-state index is -0.236. The second kappa shape index (κ2) is 10.1. The zero-order valence-electron chi connectivity index (χ0n) is 15.3. The van der Waals surface area contributed by atoms with Gasteiger partial charge in [-0.3, -0.25) is 4.99 Å². The number of halogens is 2. The largest absolute Gasteiger partial charge is 0.497 e. The van der Waals surface area contributed by atoms with Crippen LogP contribution >= 0.6 is 24.0 Å². The molecule has 142 valence electrons. The van der Waals surface area contributed by atoms with E-state index in [9.17, 15) is 4.39 Å². The van der Waals surface area contributed by atoms with Crippen LogP contribution in [-0.4, -0.2) is 20.1 Å². The number of benzene rings is 3. The highest BCUT2D eigenvalue weighted by Gasteiger charge is 2.02. The summed E-state index contributed by atoms with van der Waals surface area (Å²) in [5, 5.41) is 8.77. The van der Waals surface area contributed by atoms with Gasteiger partial charge in [0.05, 0.1) is 7.11 Å². The third-order valence-electron chi connectivity index (χ3n) is 4.14. The lowest BCUT2D eigenvalue weighted by Crippen LogP contribution is -2.36. The van der Waals surface area contributed by atoms with E-state index in [0.717, 1.165) is 27.6 Å². The lowest BCUT2D eigenvalue weighted by molar-refractivity contribution is 0.415. The van der Waals surface area contributed by atoms with Crippen molar-refractivity contribution in [2.75, 3.05) is 14.2 Å². The lowest BCUT2D eigenvalue weighted by Gasteiger charge is -2.12. The molecular formula is C21H23FIN3O. The van der Waals surface area contributed by atoms with Crippen molar-refractivity contribution in [1.29, 1.82) is 0 Å². The van der Waals surface area contributed by atoms with Crippen LogP contribution in [0.1, 0.15) is 11.1 Å². The normalized spacial score (nSPS) is 11.0. The van der Waals surface area contributed by atoms with Gasteiger partial charge < -0.3 is 15.4 Å². The van der Waals surface area contributed by atoms with Crippen molar-refractivity contribution in [2.45, 2.75) is 13.1 Å². The first-order valence-corrected chi connectivity index (χ1v) is 8.43. The number of aliphatic imine (C=N–C) groups is 1. The molecule has 4 nitrogen and oxygen atoms in total. The summed E-state index contributed by atoms with van der Waals surface area (Å²) in [6, 6.07) is 18.9. The van der Waals surface area contributed by atoms with Gasteiger partial charge in [0.15, 0.2) is 5.96 Å². The molecule has 0 heterocycles. The van der Waals surface area contributed by atoms with E-state index in [0.29, 0.717) is 19.0 Å². The van der Waals surface area contributed by atoms with Gasteiger partial charge >= 0.3 is 0 Å². The molecule has 0 aliphatic rings. The van der Waals surface area contributed by atoms with Gasteiger partial charge in [0.1, 0.15) is 11.6 Å². The first-order chi connectivity index (χ1) is 12.7. The molecule has 0 saturated carbocycles. The van der Waals surface area contributed by atoms with Crippen LogP contribution < -0.4 is 15.4 Å². The van der Waals surface area contributed by atoms with Gasteiger partial charge in [-0.1, -0.05) is 30.3 Å². The molecule has 0 radical (unpaired) electrons. The Morgan fingerprint density at radius 2 is 1.59 bits per heavy atom. The fraction of sp³-hybridized carbons (Fsp3) is 0.190. The molecule has 27 heavy (non-hydrogen) atoms. The van der Waals surface area contributed by atoms with Crippen molar-refractivity contribution >= 4 is 40.7 Å². The molecule has 0 bridgehead atoms. The van der Waals surface area contributed by atoms with Gasteiger partial charge in [-0.05, 0) is 52.2 Å². The molecule has 3 aromatic carbocycles. The number of hydrogen-bond acceptors (Lipinski definition) is 2. The number of methoxy groups -OCH3 is 1. The van der Waals surface area contributed by atoms with Crippen LogP contribution in [-0.2, 0) is 13.1 Å². The van der Waals surface area contributed by atoms with Gasteiger partial charge in [0.2, 0.25) is 0 Å². The molecule has 0 aliphatic carbocycles. The van der Waals surface area contributed by atoms with E-state index in [1.54, 1.807) is 20.2 Å². The van der Waals surface area contributed by atoms with Crippen molar-refractivity contribution in [1.82, 2.24) is 10.6 Å². The summed E-state index contributed by atoms with van der Waals surface area (Å²) in [6.07, 6.45) is 0. The van der Waals surface area contributed by atoms with E-state index in [2.05, 4.69) is 39.9 Å². The number of ether oxygens (including phenoxy) is 1. The molecule has 0 atom stereocenters. The monoisotopic (exact) mass is 479 g/mol. The summed E-state index contributed by atoms with van der Waals surface area (Å²) in [5.74, 6) is 1.29. The molecule has 3 rings (SSSR count). The summed E-state index contributed by atoms with van der Waals surface area (Å²) >= 11 is 0. The molecule has 0 unspecified atom stereocenters. The van der Waals surface area contributed by atoms with Crippen LogP contribution in [0.5, 0.6) is 5.75 Å². The Bertz CT molecular complexity index is 930. The van der Waals surface area contributed by atoms with E-state index in [1.807, 2.05) is 18.2 Å². The highest BCUT2D eigenvalue weighted by atomic mass is 127. The molecule has 0 fully saturated rings. The number of rotatable bonds is 5. The highest BCUT2D eigenvalue weighted by Crippen LogP contribution is 2.21. The average molecular weight is 479 g/mol. The number of hydrogen-bond donors (Lipinski definition) is 2. The number of nitrogens with one attached hydrogen (secondary N) is 2. The Hall–Kier alpha value is -2.35. The van der Waals surface area contributed by atoms with Crippen LogP contribution in [0.25, 0.3) is 10.8 Å². The molecule has 6 heteroatoms. The summed E-state index contributed by atoms with van der Waals surface area (Å²) in [4.78, 5) is 4.21. The van der Waals surface area contributed by atoms with Gasteiger partial charge in [-0.15, -0.1) is 24.0 Å². The Morgan fingerprint density at radius 1 is 0.926 bits per heavy atom. The molecule has 0 spiro atoms. The summed E-state index contributed by atoms with van der Waals surface area (Å²) < 4.78 is 18.5. The van der Waals surface area contributed by atoms with E-state index in [1.165, 1.54) is 12.1 Å². The van der Waals surface area contributed by atoms with Crippen LogP contribution in [0, 0.1) is 5.82 Å². The summed E-state index contributed by atoms with van der Waals surface area (Å²) in [7, 11) is 3.38. The summed E-state index contributed by atoms with van der Waals surface area (Å²) in [6.45, 7) is 1.15. The predicted octanol–water partition coefficient (Wildman–Crippen LogP) is 4.47. The van der Waals surface area contributed by atoms with Crippen molar-refractivity contribution in [2.24, 2.45) is 4.99 Å². The van der Waals surface area contributed by atoms with Crippen molar-refractivity contribution in [3.8, 4) is 5.75 Å².